The highest BCUT2D eigenvalue weighted by Gasteiger charge is 2.24. The normalized spacial score (nSPS) is 13.8. The van der Waals surface area contributed by atoms with E-state index in [0.717, 1.165) is 77.0 Å². The van der Waals surface area contributed by atoms with Crippen molar-refractivity contribution >= 4 is 11.9 Å². The van der Waals surface area contributed by atoms with Crippen molar-refractivity contribution in [3.63, 3.8) is 0 Å². The highest BCUT2D eigenvalue weighted by Crippen LogP contribution is 2.17. The molecule has 0 rings (SSSR count). The van der Waals surface area contributed by atoms with E-state index in [1.807, 2.05) is 24.3 Å². The summed E-state index contributed by atoms with van der Waals surface area (Å²) in [4.78, 5) is 26.0. The monoisotopic (exact) mass is 812 g/mol. The Hall–Kier alpha value is -2.44. The van der Waals surface area contributed by atoms with Gasteiger partial charge in [-0.3, -0.25) is 9.59 Å². The Balaban J connectivity index is 4.64. The van der Waals surface area contributed by atoms with E-state index in [1.165, 1.54) is 109 Å². The predicted octanol–water partition coefficient (Wildman–Crippen LogP) is 14.5. The summed E-state index contributed by atoms with van der Waals surface area (Å²) in [6, 6.07) is -0.716. The van der Waals surface area contributed by atoms with Gasteiger partial charge in [0.05, 0.1) is 25.2 Å². The molecule has 0 heterocycles. The molecule has 0 saturated carbocycles. The number of hydrogen-bond acceptors (Lipinski definition) is 5. The molecule has 0 aliphatic heterocycles. The number of esters is 1. The van der Waals surface area contributed by atoms with Crippen LogP contribution in [0, 0.1) is 0 Å². The first-order valence-corrected chi connectivity index (χ1v) is 24.6. The number of ether oxygens (including phenoxy) is 1. The van der Waals surface area contributed by atoms with Gasteiger partial charge >= 0.3 is 5.97 Å². The van der Waals surface area contributed by atoms with Gasteiger partial charge in [0.1, 0.15) is 6.10 Å². The summed E-state index contributed by atoms with van der Waals surface area (Å²) in [5, 5.41) is 23.7. The van der Waals surface area contributed by atoms with Crippen molar-refractivity contribution in [1.29, 1.82) is 0 Å². The molecule has 0 saturated heterocycles. The van der Waals surface area contributed by atoms with Gasteiger partial charge in [-0.25, -0.2) is 0 Å². The summed E-state index contributed by atoms with van der Waals surface area (Å²) < 4.78 is 5.89. The Kier molecular flexibility index (Phi) is 43.7. The number of rotatable bonds is 43. The van der Waals surface area contributed by atoms with E-state index in [-0.39, 0.29) is 24.9 Å². The second-order valence-corrected chi connectivity index (χ2v) is 16.6. The molecule has 336 valence electrons. The van der Waals surface area contributed by atoms with Gasteiger partial charge < -0.3 is 20.3 Å². The highest BCUT2D eigenvalue weighted by atomic mass is 16.5. The number of aliphatic hydroxyl groups is 2. The van der Waals surface area contributed by atoms with Crippen LogP contribution in [0.5, 0.6) is 0 Å². The van der Waals surface area contributed by atoms with Crippen LogP contribution in [0.15, 0.2) is 60.8 Å². The molecule has 0 fully saturated rings. The fraction of sp³-hybridized carbons (Fsp3) is 0.769. The summed E-state index contributed by atoms with van der Waals surface area (Å²) in [7, 11) is 0. The SMILES string of the molecule is CC/C=C/C=C/C=C/C=C\CCCCCC(CC(=O)NC(CO)C(O)CCCCCCCCCCCCCCCC)OC(=O)CCCCCCC/C=C\CCCCC. The molecule has 3 atom stereocenters. The molecular weight excluding hydrogens is 719 g/mol. The minimum atomic E-state index is -0.800. The summed E-state index contributed by atoms with van der Waals surface area (Å²) >= 11 is 0. The number of hydrogen-bond donors (Lipinski definition) is 3. The fourth-order valence-corrected chi connectivity index (χ4v) is 7.20. The number of amides is 1. The van der Waals surface area contributed by atoms with Crippen LogP contribution < -0.4 is 5.32 Å². The van der Waals surface area contributed by atoms with Gasteiger partial charge in [-0.1, -0.05) is 210 Å². The number of carbonyl (C=O) groups is 2. The van der Waals surface area contributed by atoms with Crippen LogP contribution in [0.3, 0.4) is 0 Å². The molecular formula is C52H93NO5. The number of unbranched alkanes of at least 4 members (excludes halogenated alkanes) is 24. The van der Waals surface area contributed by atoms with Crippen LogP contribution in [0.1, 0.15) is 233 Å². The topological polar surface area (TPSA) is 95.9 Å². The average Bonchev–Trinajstić information content (AvgIpc) is 3.22. The molecule has 0 aromatic rings. The Bertz CT molecular complexity index is 1050. The molecule has 0 aliphatic carbocycles. The molecule has 0 spiro atoms. The maximum atomic E-state index is 13.2. The van der Waals surface area contributed by atoms with E-state index in [2.05, 4.69) is 62.5 Å². The van der Waals surface area contributed by atoms with Crippen LogP contribution in [-0.2, 0) is 14.3 Å². The average molecular weight is 812 g/mol. The predicted molar refractivity (Wildman–Crippen MR) is 250 cm³/mol. The number of nitrogens with one attached hydrogen (secondary N) is 1. The van der Waals surface area contributed by atoms with E-state index < -0.39 is 18.2 Å². The van der Waals surface area contributed by atoms with Crippen LogP contribution in [0.25, 0.3) is 0 Å². The summed E-state index contributed by atoms with van der Waals surface area (Å²) in [5.74, 6) is -0.524. The number of allylic oxidation sites excluding steroid dienone is 10. The van der Waals surface area contributed by atoms with E-state index >= 15 is 0 Å². The Labute approximate surface area is 358 Å². The van der Waals surface area contributed by atoms with E-state index in [9.17, 15) is 19.8 Å². The van der Waals surface area contributed by atoms with Crippen LogP contribution in [0.4, 0.5) is 0 Å². The second kappa shape index (κ2) is 45.6. The van der Waals surface area contributed by atoms with Crippen molar-refractivity contribution in [3.05, 3.63) is 60.8 Å². The Morgan fingerprint density at radius 3 is 1.52 bits per heavy atom. The van der Waals surface area contributed by atoms with Gasteiger partial charge in [0.25, 0.3) is 0 Å². The largest absolute Gasteiger partial charge is 0.462 e. The molecule has 0 bridgehead atoms. The van der Waals surface area contributed by atoms with Gasteiger partial charge in [0, 0.05) is 6.42 Å². The molecule has 0 aromatic heterocycles. The first-order chi connectivity index (χ1) is 28.5. The van der Waals surface area contributed by atoms with Crippen molar-refractivity contribution in [1.82, 2.24) is 5.32 Å². The minimum Gasteiger partial charge on any atom is -0.462 e. The Morgan fingerprint density at radius 2 is 0.948 bits per heavy atom. The lowest BCUT2D eigenvalue weighted by Gasteiger charge is -2.24. The molecule has 1 amide bonds. The lowest BCUT2D eigenvalue weighted by molar-refractivity contribution is -0.151. The third kappa shape index (κ3) is 40.3. The standard InChI is InChI=1S/C52H93NO5/c1-4-7-10-13-16-19-22-25-27-29-32-35-38-41-44-50(55)49(47-54)53-51(56)46-48(43-40-37-34-31-28-26-23-20-17-14-11-8-5-2)58-52(57)45-42-39-36-33-30-24-21-18-15-12-9-6-3/h8,11,14,17-18,20-21,23,26,28,48-50,54-55H,4-7,9-10,12-13,15-16,19,22,24-25,27,29-47H2,1-3H3,(H,53,56)/b11-8+,17-14+,21-18-,23-20+,28-26-. The third-order valence-electron chi connectivity index (χ3n) is 10.9. The van der Waals surface area contributed by atoms with Gasteiger partial charge in [-0.2, -0.15) is 0 Å². The van der Waals surface area contributed by atoms with Gasteiger partial charge in [0.15, 0.2) is 0 Å². The second-order valence-electron chi connectivity index (χ2n) is 16.6. The molecule has 3 unspecified atom stereocenters. The lowest BCUT2D eigenvalue weighted by atomic mass is 10.0. The lowest BCUT2D eigenvalue weighted by Crippen LogP contribution is -2.46. The quantitative estimate of drug-likeness (QED) is 0.0247. The smallest absolute Gasteiger partial charge is 0.306 e. The summed E-state index contributed by atoms with van der Waals surface area (Å²) in [5.41, 5.74) is 0. The van der Waals surface area contributed by atoms with Gasteiger partial charge in [-0.15, -0.1) is 0 Å². The molecule has 0 aliphatic rings. The summed E-state index contributed by atoms with van der Waals surface area (Å²) in [6.07, 6.45) is 55.6. The zero-order valence-electron chi connectivity index (χ0n) is 38.2. The summed E-state index contributed by atoms with van der Waals surface area (Å²) in [6.45, 7) is 6.30. The van der Waals surface area contributed by atoms with Crippen molar-refractivity contribution in [3.8, 4) is 0 Å². The van der Waals surface area contributed by atoms with Crippen molar-refractivity contribution in [2.45, 2.75) is 251 Å². The minimum absolute atomic E-state index is 0.0471. The van der Waals surface area contributed by atoms with Crippen LogP contribution in [-0.4, -0.2) is 46.9 Å². The van der Waals surface area contributed by atoms with Gasteiger partial charge in [0.2, 0.25) is 5.91 Å². The zero-order valence-corrected chi connectivity index (χ0v) is 38.2. The van der Waals surface area contributed by atoms with E-state index in [0.29, 0.717) is 19.3 Å². The highest BCUT2D eigenvalue weighted by molar-refractivity contribution is 5.77. The van der Waals surface area contributed by atoms with Crippen molar-refractivity contribution < 1.29 is 24.5 Å². The third-order valence-corrected chi connectivity index (χ3v) is 10.9. The Morgan fingerprint density at radius 1 is 0.517 bits per heavy atom. The maximum Gasteiger partial charge on any atom is 0.306 e. The fourth-order valence-electron chi connectivity index (χ4n) is 7.20. The zero-order chi connectivity index (χ0) is 42.4. The maximum absolute atomic E-state index is 13.2. The van der Waals surface area contributed by atoms with E-state index in [1.54, 1.807) is 0 Å². The van der Waals surface area contributed by atoms with Crippen LogP contribution in [0.2, 0.25) is 0 Å². The molecule has 0 aromatic carbocycles. The van der Waals surface area contributed by atoms with Gasteiger partial charge in [-0.05, 0) is 70.6 Å². The molecule has 0 radical (unpaired) electrons. The number of aliphatic hydroxyl groups excluding tert-OH is 2. The van der Waals surface area contributed by atoms with Crippen LogP contribution >= 0.6 is 0 Å². The van der Waals surface area contributed by atoms with Crippen molar-refractivity contribution in [2.24, 2.45) is 0 Å². The molecule has 58 heavy (non-hydrogen) atoms. The first-order valence-electron chi connectivity index (χ1n) is 24.6. The van der Waals surface area contributed by atoms with E-state index in [4.69, 9.17) is 4.74 Å². The molecule has 6 nitrogen and oxygen atoms in total. The first kappa shape index (κ1) is 55.6. The number of carbonyl (C=O) groups excluding carboxylic acids is 2. The molecule has 3 N–H and O–H groups in total. The van der Waals surface area contributed by atoms with Crippen molar-refractivity contribution in [2.75, 3.05) is 6.61 Å². The molecule has 6 heteroatoms.